The van der Waals surface area contributed by atoms with Crippen molar-refractivity contribution in [2.75, 3.05) is 20.1 Å². The molecule has 0 aromatic heterocycles. The van der Waals surface area contributed by atoms with Gasteiger partial charge < -0.3 is 5.11 Å². The van der Waals surface area contributed by atoms with Gasteiger partial charge in [0.15, 0.2) is 0 Å². The summed E-state index contributed by atoms with van der Waals surface area (Å²) in [7, 11) is 1.91. The summed E-state index contributed by atoms with van der Waals surface area (Å²) in [6.07, 6.45) is -0.470. The lowest BCUT2D eigenvalue weighted by molar-refractivity contribution is -0.141. The standard InChI is InChI=1S/C16H22N2O3/c1-12-8-15(20)18(16(12)21)11-14(19)10-17(2)9-13-6-4-3-5-7-13/h3-7,12,14,19H,8-11H2,1-2H3. The van der Waals surface area contributed by atoms with Gasteiger partial charge in [0.25, 0.3) is 0 Å². The van der Waals surface area contributed by atoms with Crippen LogP contribution in [0.5, 0.6) is 0 Å². The van der Waals surface area contributed by atoms with Crippen molar-refractivity contribution in [2.24, 2.45) is 5.92 Å². The number of likely N-dealkylation sites (N-methyl/N-ethyl adjacent to an activating group) is 1. The van der Waals surface area contributed by atoms with Crippen LogP contribution in [-0.4, -0.2) is 53.0 Å². The molecule has 21 heavy (non-hydrogen) atoms. The number of aliphatic hydroxyl groups excluding tert-OH is 1. The molecular formula is C16H22N2O3. The van der Waals surface area contributed by atoms with Crippen molar-refractivity contribution in [3.63, 3.8) is 0 Å². The average molecular weight is 290 g/mol. The Morgan fingerprint density at radius 3 is 2.57 bits per heavy atom. The van der Waals surface area contributed by atoms with Gasteiger partial charge in [-0.3, -0.25) is 19.4 Å². The first-order valence-electron chi connectivity index (χ1n) is 7.22. The van der Waals surface area contributed by atoms with Gasteiger partial charge >= 0.3 is 0 Å². The van der Waals surface area contributed by atoms with Crippen molar-refractivity contribution < 1.29 is 14.7 Å². The summed E-state index contributed by atoms with van der Waals surface area (Å²) in [5.41, 5.74) is 1.16. The summed E-state index contributed by atoms with van der Waals surface area (Å²) < 4.78 is 0. The molecule has 1 heterocycles. The van der Waals surface area contributed by atoms with Crippen LogP contribution in [0.1, 0.15) is 18.9 Å². The van der Waals surface area contributed by atoms with Crippen LogP contribution in [0.3, 0.4) is 0 Å². The van der Waals surface area contributed by atoms with Crippen molar-refractivity contribution >= 4 is 11.8 Å². The fourth-order valence-electron chi connectivity index (χ4n) is 2.63. The third kappa shape index (κ3) is 4.12. The molecule has 2 amide bonds. The topological polar surface area (TPSA) is 60.9 Å². The lowest BCUT2D eigenvalue weighted by Crippen LogP contribution is -2.41. The number of hydrogen-bond donors (Lipinski definition) is 1. The maximum Gasteiger partial charge on any atom is 0.232 e. The van der Waals surface area contributed by atoms with E-state index in [0.717, 1.165) is 12.1 Å². The SMILES string of the molecule is CC1CC(=O)N(CC(O)CN(C)Cc2ccccc2)C1=O. The monoisotopic (exact) mass is 290 g/mol. The van der Waals surface area contributed by atoms with E-state index in [1.807, 2.05) is 42.3 Å². The van der Waals surface area contributed by atoms with E-state index in [2.05, 4.69) is 0 Å². The van der Waals surface area contributed by atoms with Gasteiger partial charge in [0.2, 0.25) is 11.8 Å². The van der Waals surface area contributed by atoms with E-state index in [4.69, 9.17) is 0 Å². The molecule has 0 saturated carbocycles. The van der Waals surface area contributed by atoms with Crippen LogP contribution in [0.25, 0.3) is 0 Å². The van der Waals surface area contributed by atoms with Crippen LogP contribution in [0.4, 0.5) is 0 Å². The zero-order valence-electron chi connectivity index (χ0n) is 12.5. The van der Waals surface area contributed by atoms with Crippen LogP contribution < -0.4 is 0 Å². The number of amides is 2. The number of benzene rings is 1. The van der Waals surface area contributed by atoms with E-state index in [1.165, 1.54) is 4.90 Å². The Bertz CT molecular complexity index is 504. The number of likely N-dealkylation sites (tertiary alicyclic amines) is 1. The highest BCUT2D eigenvalue weighted by Gasteiger charge is 2.36. The molecule has 1 aromatic rings. The first-order valence-corrected chi connectivity index (χ1v) is 7.22. The number of carbonyl (C=O) groups excluding carboxylic acids is 2. The number of β-amino-alcohol motifs (C(OH)–C–C–N with tert-alkyl or cyclic N) is 1. The van der Waals surface area contributed by atoms with Crippen LogP contribution in [0, 0.1) is 5.92 Å². The Labute approximate surface area is 125 Å². The third-order valence-electron chi connectivity index (χ3n) is 3.68. The molecule has 2 atom stereocenters. The average Bonchev–Trinajstić information content (AvgIpc) is 2.66. The molecular weight excluding hydrogens is 268 g/mol. The summed E-state index contributed by atoms with van der Waals surface area (Å²) in [5, 5.41) is 10.1. The van der Waals surface area contributed by atoms with Crippen LogP contribution >= 0.6 is 0 Å². The first-order chi connectivity index (χ1) is 9.97. The largest absolute Gasteiger partial charge is 0.390 e. The predicted octanol–water partition coefficient (Wildman–Crippen LogP) is 0.874. The van der Waals surface area contributed by atoms with Crippen molar-refractivity contribution in [2.45, 2.75) is 26.0 Å². The molecule has 0 aliphatic carbocycles. The second kappa shape index (κ2) is 6.83. The maximum absolute atomic E-state index is 11.8. The summed E-state index contributed by atoms with van der Waals surface area (Å²) in [6, 6.07) is 9.96. The van der Waals surface area contributed by atoms with Crippen molar-refractivity contribution in [3.05, 3.63) is 35.9 Å². The minimum Gasteiger partial charge on any atom is -0.390 e. The van der Waals surface area contributed by atoms with Gasteiger partial charge in [0.1, 0.15) is 0 Å². The normalized spacial score (nSPS) is 20.4. The maximum atomic E-state index is 11.8. The Balaban J connectivity index is 1.83. The molecule has 1 saturated heterocycles. The minimum absolute atomic E-state index is 0.0845. The van der Waals surface area contributed by atoms with E-state index in [9.17, 15) is 14.7 Å². The third-order valence-corrected chi connectivity index (χ3v) is 3.68. The molecule has 1 aliphatic heterocycles. The molecule has 0 radical (unpaired) electrons. The van der Waals surface area contributed by atoms with Gasteiger partial charge in [-0.2, -0.15) is 0 Å². The van der Waals surface area contributed by atoms with Crippen LogP contribution in [0.2, 0.25) is 0 Å². The second-order valence-electron chi connectivity index (χ2n) is 5.78. The van der Waals surface area contributed by atoms with Gasteiger partial charge in [-0.1, -0.05) is 37.3 Å². The Morgan fingerprint density at radius 1 is 1.33 bits per heavy atom. The van der Waals surface area contributed by atoms with E-state index in [0.29, 0.717) is 6.54 Å². The minimum atomic E-state index is -0.725. The van der Waals surface area contributed by atoms with E-state index < -0.39 is 6.10 Å². The van der Waals surface area contributed by atoms with E-state index in [1.54, 1.807) is 6.92 Å². The van der Waals surface area contributed by atoms with Crippen molar-refractivity contribution in [1.29, 1.82) is 0 Å². The van der Waals surface area contributed by atoms with Crippen molar-refractivity contribution in [3.8, 4) is 0 Å². The molecule has 0 spiro atoms. The molecule has 2 rings (SSSR count). The highest BCUT2D eigenvalue weighted by molar-refractivity contribution is 6.03. The van der Waals surface area contributed by atoms with Crippen molar-refractivity contribution in [1.82, 2.24) is 9.80 Å². The number of nitrogens with zero attached hydrogens (tertiary/aromatic N) is 2. The second-order valence-corrected chi connectivity index (χ2v) is 5.78. The van der Waals surface area contributed by atoms with E-state index >= 15 is 0 Å². The molecule has 1 aromatic carbocycles. The van der Waals surface area contributed by atoms with Gasteiger partial charge in [-0.05, 0) is 12.6 Å². The molecule has 5 heteroatoms. The van der Waals surface area contributed by atoms with Gasteiger partial charge in [0.05, 0.1) is 12.6 Å². The fourth-order valence-corrected chi connectivity index (χ4v) is 2.63. The molecule has 1 fully saturated rings. The highest BCUT2D eigenvalue weighted by Crippen LogP contribution is 2.19. The summed E-state index contributed by atoms with van der Waals surface area (Å²) in [6.45, 7) is 2.96. The quantitative estimate of drug-likeness (QED) is 0.790. The lowest BCUT2D eigenvalue weighted by Gasteiger charge is -2.23. The number of aliphatic hydroxyl groups is 1. The summed E-state index contributed by atoms with van der Waals surface area (Å²) in [5.74, 6) is -0.617. The number of imide groups is 1. The highest BCUT2D eigenvalue weighted by atomic mass is 16.3. The smallest absolute Gasteiger partial charge is 0.232 e. The summed E-state index contributed by atoms with van der Waals surface area (Å²) >= 11 is 0. The number of carbonyl (C=O) groups is 2. The predicted molar refractivity (Wildman–Crippen MR) is 79.3 cm³/mol. The fraction of sp³-hybridized carbons (Fsp3) is 0.500. The van der Waals surface area contributed by atoms with Gasteiger partial charge in [0, 0.05) is 25.4 Å². The Morgan fingerprint density at radius 2 is 2.00 bits per heavy atom. The molecule has 0 bridgehead atoms. The first kappa shape index (κ1) is 15.7. The lowest BCUT2D eigenvalue weighted by atomic mass is 10.1. The zero-order chi connectivity index (χ0) is 15.4. The molecule has 114 valence electrons. The number of rotatable bonds is 6. The number of hydrogen-bond acceptors (Lipinski definition) is 4. The van der Waals surface area contributed by atoms with Crippen LogP contribution in [-0.2, 0) is 16.1 Å². The zero-order valence-corrected chi connectivity index (χ0v) is 12.5. The molecule has 5 nitrogen and oxygen atoms in total. The molecule has 1 aliphatic rings. The Kier molecular flexibility index (Phi) is 5.09. The molecule has 1 N–H and O–H groups in total. The van der Waals surface area contributed by atoms with E-state index in [-0.39, 0.29) is 30.7 Å². The summed E-state index contributed by atoms with van der Waals surface area (Å²) in [4.78, 5) is 26.7. The van der Waals surface area contributed by atoms with Gasteiger partial charge in [-0.25, -0.2) is 0 Å². The Hall–Kier alpha value is -1.72. The van der Waals surface area contributed by atoms with Crippen LogP contribution in [0.15, 0.2) is 30.3 Å². The van der Waals surface area contributed by atoms with Gasteiger partial charge in [-0.15, -0.1) is 0 Å². The molecule has 2 unspecified atom stereocenters.